The molecule has 1 N–H and O–H groups in total. The van der Waals surface area contributed by atoms with Gasteiger partial charge < -0.3 is 5.32 Å². The van der Waals surface area contributed by atoms with Gasteiger partial charge in [0.25, 0.3) is 0 Å². The summed E-state index contributed by atoms with van der Waals surface area (Å²) >= 11 is 1.32. The molecular formula is C17H18F3NS. The molecule has 0 aliphatic rings. The van der Waals surface area contributed by atoms with Gasteiger partial charge >= 0.3 is 6.18 Å². The first-order valence-corrected chi connectivity index (χ1v) is 7.68. The minimum absolute atomic E-state index is 0.0320. The van der Waals surface area contributed by atoms with Crippen LogP contribution in [-0.4, -0.2) is 5.54 Å². The van der Waals surface area contributed by atoms with Crippen LogP contribution in [0.3, 0.4) is 0 Å². The summed E-state index contributed by atoms with van der Waals surface area (Å²) < 4.78 is 38.1. The summed E-state index contributed by atoms with van der Waals surface area (Å²) in [5.74, 6) is 0. The van der Waals surface area contributed by atoms with Crippen LogP contribution in [0.4, 0.5) is 18.9 Å². The van der Waals surface area contributed by atoms with Gasteiger partial charge in [-0.1, -0.05) is 17.8 Å². The normalized spacial score (nSPS) is 12.3. The van der Waals surface area contributed by atoms with Crippen molar-refractivity contribution < 1.29 is 13.2 Å². The Labute approximate surface area is 132 Å². The first-order valence-electron chi connectivity index (χ1n) is 6.87. The van der Waals surface area contributed by atoms with Crippen LogP contribution in [0.5, 0.6) is 0 Å². The van der Waals surface area contributed by atoms with E-state index in [1.54, 1.807) is 6.07 Å². The SMILES string of the molecule is CC(C)(C)Nc1ccc(Sc2cccc(C(F)(F)F)c2)cc1. The van der Waals surface area contributed by atoms with E-state index in [1.807, 2.05) is 24.3 Å². The van der Waals surface area contributed by atoms with E-state index < -0.39 is 11.7 Å². The first kappa shape index (κ1) is 16.7. The van der Waals surface area contributed by atoms with Crippen LogP contribution in [0.15, 0.2) is 58.3 Å². The average Bonchev–Trinajstić information content (AvgIpc) is 2.39. The van der Waals surface area contributed by atoms with Crippen LogP contribution >= 0.6 is 11.8 Å². The van der Waals surface area contributed by atoms with Crippen molar-refractivity contribution in [3.8, 4) is 0 Å². The molecule has 2 aromatic carbocycles. The standard InChI is InChI=1S/C17H18F3NS/c1-16(2,3)21-13-7-9-14(10-8-13)22-15-6-4-5-12(11-15)17(18,19)20/h4-11,21H,1-3H3. The lowest BCUT2D eigenvalue weighted by Gasteiger charge is -2.22. The summed E-state index contributed by atoms with van der Waals surface area (Å²) in [4.78, 5) is 1.48. The third-order valence-electron chi connectivity index (χ3n) is 2.77. The second-order valence-electron chi connectivity index (χ2n) is 6.03. The molecule has 0 saturated heterocycles. The van der Waals surface area contributed by atoms with E-state index in [9.17, 15) is 13.2 Å². The average molecular weight is 325 g/mol. The number of rotatable bonds is 3. The molecule has 0 atom stereocenters. The molecule has 5 heteroatoms. The second-order valence-corrected chi connectivity index (χ2v) is 7.17. The van der Waals surface area contributed by atoms with Crippen molar-refractivity contribution in [2.24, 2.45) is 0 Å². The van der Waals surface area contributed by atoms with Crippen molar-refractivity contribution in [2.75, 3.05) is 5.32 Å². The Morgan fingerprint density at radius 1 is 0.864 bits per heavy atom. The molecule has 0 aliphatic carbocycles. The van der Waals surface area contributed by atoms with Gasteiger partial charge in [0.15, 0.2) is 0 Å². The van der Waals surface area contributed by atoms with Crippen LogP contribution in [0, 0.1) is 0 Å². The summed E-state index contributed by atoms with van der Waals surface area (Å²) in [6.45, 7) is 6.20. The minimum atomic E-state index is -4.31. The van der Waals surface area contributed by atoms with Gasteiger partial charge in [0.1, 0.15) is 0 Å². The molecule has 2 rings (SSSR count). The molecule has 0 saturated carbocycles. The lowest BCUT2D eigenvalue weighted by Crippen LogP contribution is -2.25. The topological polar surface area (TPSA) is 12.0 Å². The van der Waals surface area contributed by atoms with Crippen LogP contribution in [0.1, 0.15) is 26.3 Å². The Kier molecular flexibility index (Phi) is 4.75. The van der Waals surface area contributed by atoms with Gasteiger partial charge in [-0.15, -0.1) is 0 Å². The predicted molar refractivity (Wildman–Crippen MR) is 85.4 cm³/mol. The van der Waals surface area contributed by atoms with Crippen molar-refractivity contribution in [1.29, 1.82) is 0 Å². The third kappa shape index (κ3) is 4.98. The van der Waals surface area contributed by atoms with Gasteiger partial charge in [-0.05, 0) is 63.2 Å². The smallest absolute Gasteiger partial charge is 0.380 e. The number of hydrogen-bond acceptors (Lipinski definition) is 2. The summed E-state index contributed by atoms with van der Waals surface area (Å²) in [6, 6.07) is 13.0. The Bertz CT molecular complexity index is 628. The highest BCUT2D eigenvalue weighted by molar-refractivity contribution is 7.99. The molecule has 0 heterocycles. The molecule has 1 nitrogen and oxygen atoms in total. The maximum Gasteiger partial charge on any atom is 0.416 e. The molecule has 0 amide bonds. The molecule has 22 heavy (non-hydrogen) atoms. The second kappa shape index (κ2) is 6.24. The highest BCUT2D eigenvalue weighted by atomic mass is 32.2. The van der Waals surface area contributed by atoms with Gasteiger partial charge in [0, 0.05) is 21.0 Å². The van der Waals surface area contributed by atoms with Gasteiger partial charge in [-0.3, -0.25) is 0 Å². The number of anilines is 1. The molecule has 0 spiro atoms. The number of hydrogen-bond donors (Lipinski definition) is 1. The Balaban J connectivity index is 2.11. The zero-order valence-corrected chi connectivity index (χ0v) is 13.5. The van der Waals surface area contributed by atoms with E-state index in [4.69, 9.17) is 0 Å². The fraction of sp³-hybridized carbons (Fsp3) is 0.294. The van der Waals surface area contributed by atoms with E-state index in [1.165, 1.54) is 23.9 Å². The largest absolute Gasteiger partial charge is 0.416 e. The summed E-state index contributed by atoms with van der Waals surface area (Å²) in [7, 11) is 0. The Morgan fingerprint density at radius 3 is 2.05 bits per heavy atom. The molecule has 0 bridgehead atoms. The fourth-order valence-electron chi connectivity index (χ4n) is 1.91. The van der Waals surface area contributed by atoms with Crippen LogP contribution < -0.4 is 5.32 Å². The van der Waals surface area contributed by atoms with Crippen molar-refractivity contribution in [3.05, 3.63) is 54.1 Å². The summed E-state index contributed by atoms with van der Waals surface area (Å²) in [5, 5.41) is 3.34. The van der Waals surface area contributed by atoms with E-state index in [2.05, 4.69) is 26.1 Å². The number of nitrogens with one attached hydrogen (secondary N) is 1. The van der Waals surface area contributed by atoms with E-state index in [0.29, 0.717) is 4.90 Å². The molecule has 0 fully saturated rings. The third-order valence-corrected chi connectivity index (χ3v) is 3.77. The highest BCUT2D eigenvalue weighted by Crippen LogP contribution is 2.34. The van der Waals surface area contributed by atoms with Gasteiger partial charge in [0.05, 0.1) is 5.56 Å². The maximum absolute atomic E-state index is 12.7. The molecule has 118 valence electrons. The van der Waals surface area contributed by atoms with Gasteiger partial charge in [-0.2, -0.15) is 13.2 Å². The molecule has 2 aromatic rings. The fourth-order valence-corrected chi connectivity index (χ4v) is 2.79. The van der Waals surface area contributed by atoms with Crippen molar-refractivity contribution in [3.63, 3.8) is 0 Å². The van der Waals surface area contributed by atoms with Crippen molar-refractivity contribution in [1.82, 2.24) is 0 Å². The molecular weight excluding hydrogens is 307 g/mol. The lowest BCUT2D eigenvalue weighted by atomic mass is 10.1. The minimum Gasteiger partial charge on any atom is -0.380 e. The lowest BCUT2D eigenvalue weighted by molar-refractivity contribution is -0.137. The zero-order chi connectivity index (χ0) is 16.4. The van der Waals surface area contributed by atoms with Crippen LogP contribution in [0.2, 0.25) is 0 Å². The number of benzene rings is 2. The zero-order valence-electron chi connectivity index (χ0n) is 12.7. The Morgan fingerprint density at radius 2 is 1.50 bits per heavy atom. The van der Waals surface area contributed by atoms with Crippen LogP contribution in [0.25, 0.3) is 0 Å². The maximum atomic E-state index is 12.7. The van der Waals surface area contributed by atoms with Gasteiger partial charge in [-0.25, -0.2) is 0 Å². The predicted octanol–water partition coefficient (Wildman–Crippen LogP) is 6.07. The number of alkyl halides is 3. The monoisotopic (exact) mass is 325 g/mol. The first-order chi connectivity index (χ1) is 10.1. The van der Waals surface area contributed by atoms with E-state index >= 15 is 0 Å². The summed E-state index contributed by atoms with van der Waals surface area (Å²) in [6.07, 6.45) is -4.31. The van der Waals surface area contributed by atoms with Crippen LogP contribution in [-0.2, 0) is 6.18 Å². The molecule has 0 aliphatic heterocycles. The quantitative estimate of drug-likeness (QED) is 0.735. The van der Waals surface area contributed by atoms with Crippen molar-refractivity contribution >= 4 is 17.4 Å². The number of halogens is 3. The summed E-state index contributed by atoms with van der Waals surface area (Å²) in [5.41, 5.74) is 0.333. The van der Waals surface area contributed by atoms with E-state index in [0.717, 1.165) is 16.6 Å². The van der Waals surface area contributed by atoms with E-state index in [-0.39, 0.29) is 5.54 Å². The molecule has 0 radical (unpaired) electrons. The van der Waals surface area contributed by atoms with Crippen molar-refractivity contribution in [2.45, 2.75) is 42.3 Å². The molecule has 0 aromatic heterocycles. The van der Waals surface area contributed by atoms with Gasteiger partial charge in [0.2, 0.25) is 0 Å². The Hall–Kier alpha value is -1.62. The molecule has 0 unspecified atom stereocenters. The highest BCUT2D eigenvalue weighted by Gasteiger charge is 2.30.